The van der Waals surface area contributed by atoms with Crippen molar-refractivity contribution in [3.63, 3.8) is 0 Å². The van der Waals surface area contributed by atoms with Gasteiger partial charge in [-0.25, -0.2) is 4.79 Å². The standard InChI is InChI=1S/C17H21N3O4/c1-11-14(16(22)20-17(23)19-11)7-8-15(21)18-10-9-12-3-5-13(24-2)6-4-12/h3-6H,7-10H2,1-2H3,(H,18,21)(H2,19,20,22,23). The molecule has 1 heterocycles. The second kappa shape index (κ2) is 8.14. The molecule has 1 amide bonds. The lowest BCUT2D eigenvalue weighted by molar-refractivity contribution is -0.121. The van der Waals surface area contributed by atoms with Crippen molar-refractivity contribution in [3.8, 4) is 5.75 Å². The Morgan fingerprint density at radius 2 is 1.83 bits per heavy atom. The number of amides is 1. The number of methoxy groups -OCH3 is 1. The average Bonchev–Trinajstić information content (AvgIpc) is 2.54. The van der Waals surface area contributed by atoms with Gasteiger partial charge in [-0.2, -0.15) is 0 Å². The molecule has 24 heavy (non-hydrogen) atoms. The third kappa shape index (κ3) is 4.84. The van der Waals surface area contributed by atoms with Gasteiger partial charge < -0.3 is 15.0 Å². The van der Waals surface area contributed by atoms with E-state index >= 15 is 0 Å². The van der Waals surface area contributed by atoms with E-state index in [-0.39, 0.29) is 18.7 Å². The van der Waals surface area contributed by atoms with E-state index in [2.05, 4.69) is 15.3 Å². The minimum absolute atomic E-state index is 0.131. The molecule has 1 aromatic carbocycles. The van der Waals surface area contributed by atoms with Gasteiger partial charge in [-0.1, -0.05) is 12.1 Å². The fraction of sp³-hybridized carbons (Fsp3) is 0.353. The van der Waals surface area contributed by atoms with Crippen molar-refractivity contribution in [1.82, 2.24) is 15.3 Å². The van der Waals surface area contributed by atoms with E-state index in [1.165, 1.54) is 0 Å². The number of ether oxygens (including phenoxy) is 1. The van der Waals surface area contributed by atoms with Gasteiger partial charge in [0.05, 0.1) is 7.11 Å². The lowest BCUT2D eigenvalue weighted by Crippen LogP contribution is -2.29. The molecule has 0 bridgehead atoms. The Hall–Kier alpha value is -2.83. The number of hydrogen-bond donors (Lipinski definition) is 3. The minimum Gasteiger partial charge on any atom is -0.497 e. The highest BCUT2D eigenvalue weighted by atomic mass is 16.5. The maximum Gasteiger partial charge on any atom is 0.325 e. The molecule has 7 nitrogen and oxygen atoms in total. The van der Waals surface area contributed by atoms with Crippen LogP contribution in [0.5, 0.6) is 5.75 Å². The minimum atomic E-state index is -0.537. The number of rotatable bonds is 7. The first kappa shape index (κ1) is 17.5. The van der Waals surface area contributed by atoms with Crippen molar-refractivity contribution in [3.05, 3.63) is 61.9 Å². The van der Waals surface area contributed by atoms with E-state index in [1.54, 1.807) is 14.0 Å². The number of H-pyrrole nitrogens is 2. The van der Waals surface area contributed by atoms with Crippen molar-refractivity contribution < 1.29 is 9.53 Å². The quantitative estimate of drug-likeness (QED) is 0.693. The van der Waals surface area contributed by atoms with Gasteiger partial charge in [0.2, 0.25) is 5.91 Å². The highest BCUT2D eigenvalue weighted by Gasteiger charge is 2.09. The van der Waals surface area contributed by atoms with Crippen molar-refractivity contribution in [2.75, 3.05) is 13.7 Å². The Balaban J connectivity index is 1.79. The maximum absolute atomic E-state index is 11.9. The lowest BCUT2D eigenvalue weighted by atomic mass is 10.1. The van der Waals surface area contributed by atoms with Crippen molar-refractivity contribution >= 4 is 5.91 Å². The monoisotopic (exact) mass is 331 g/mol. The summed E-state index contributed by atoms with van der Waals surface area (Å²) >= 11 is 0. The molecule has 0 aliphatic rings. The molecule has 0 spiro atoms. The van der Waals surface area contributed by atoms with Gasteiger partial charge in [0, 0.05) is 24.2 Å². The van der Waals surface area contributed by atoms with E-state index in [0.717, 1.165) is 11.3 Å². The molecule has 2 aromatic rings. The van der Waals surface area contributed by atoms with Crippen LogP contribution in [0.2, 0.25) is 0 Å². The predicted molar refractivity (Wildman–Crippen MR) is 90.4 cm³/mol. The van der Waals surface area contributed by atoms with Gasteiger partial charge in [0.1, 0.15) is 5.75 Å². The van der Waals surface area contributed by atoms with Crippen LogP contribution in [0.3, 0.4) is 0 Å². The van der Waals surface area contributed by atoms with Crippen molar-refractivity contribution in [2.45, 2.75) is 26.2 Å². The summed E-state index contributed by atoms with van der Waals surface area (Å²) < 4.78 is 5.09. The van der Waals surface area contributed by atoms with Crippen LogP contribution in [0.1, 0.15) is 23.2 Å². The maximum atomic E-state index is 11.9. The molecule has 0 saturated carbocycles. The number of nitrogens with one attached hydrogen (secondary N) is 3. The number of carbonyl (C=O) groups is 1. The second-order valence-corrected chi connectivity index (χ2v) is 5.46. The highest BCUT2D eigenvalue weighted by Crippen LogP contribution is 2.11. The number of benzene rings is 1. The smallest absolute Gasteiger partial charge is 0.325 e. The summed E-state index contributed by atoms with van der Waals surface area (Å²) in [6.07, 6.45) is 1.19. The SMILES string of the molecule is COc1ccc(CCNC(=O)CCc2c(C)[nH]c(=O)[nH]c2=O)cc1. The summed E-state index contributed by atoms with van der Waals surface area (Å²) in [6.45, 7) is 2.17. The largest absolute Gasteiger partial charge is 0.497 e. The molecule has 0 unspecified atom stereocenters. The molecule has 0 aliphatic heterocycles. The summed E-state index contributed by atoms with van der Waals surface area (Å²) in [7, 11) is 1.62. The van der Waals surface area contributed by atoms with Crippen LogP contribution in [-0.2, 0) is 17.6 Å². The van der Waals surface area contributed by atoms with Crippen LogP contribution in [0.4, 0.5) is 0 Å². The van der Waals surface area contributed by atoms with Crippen LogP contribution in [0.15, 0.2) is 33.9 Å². The Morgan fingerprint density at radius 1 is 1.12 bits per heavy atom. The first-order chi connectivity index (χ1) is 11.5. The molecule has 128 valence electrons. The molecule has 1 aromatic heterocycles. The van der Waals surface area contributed by atoms with Gasteiger partial charge >= 0.3 is 5.69 Å². The molecule has 3 N–H and O–H groups in total. The lowest BCUT2D eigenvalue weighted by Gasteiger charge is -2.07. The van der Waals surface area contributed by atoms with Crippen LogP contribution in [-0.4, -0.2) is 29.5 Å². The van der Waals surface area contributed by atoms with Crippen LogP contribution in [0.25, 0.3) is 0 Å². The molecule has 0 fully saturated rings. The van der Waals surface area contributed by atoms with Gasteiger partial charge in [-0.05, 0) is 37.5 Å². The Bertz CT molecular complexity index is 806. The topological polar surface area (TPSA) is 104 Å². The number of aryl methyl sites for hydroxylation is 1. The fourth-order valence-corrected chi connectivity index (χ4v) is 2.39. The van der Waals surface area contributed by atoms with Gasteiger partial charge in [-0.15, -0.1) is 0 Å². The summed E-state index contributed by atoms with van der Waals surface area (Å²) in [6, 6.07) is 7.66. The third-order valence-electron chi connectivity index (χ3n) is 3.75. The molecule has 0 atom stereocenters. The molecule has 0 saturated heterocycles. The summed E-state index contributed by atoms with van der Waals surface area (Å²) in [5, 5.41) is 2.83. The zero-order chi connectivity index (χ0) is 17.5. The van der Waals surface area contributed by atoms with E-state index in [9.17, 15) is 14.4 Å². The number of aromatic amines is 2. The van der Waals surface area contributed by atoms with Crippen LogP contribution in [0, 0.1) is 6.92 Å². The van der Waals surface area contributed by atoms with Crippen molar-refractivity contribution in [1.29, 1.82) is 0 Å². The summed E-state index contributed by atoms with van der Waals surface area (Å²) in [5.74, 6) is 0.665. The Kier molecular flexibility index (Phi) is 5.95. The average molecular weight is 331 g/mol. The Morgan fingerprint density at radius 3 is 2.46 bits per heavy atom. The third-order valence-corrected chi connectivity index (χ3v) is 3.75. The van der Waals surface area contributed by atoms with E-state index in [4.69, 9.17) is 4.74 Å². The molecule has 0 radical (unpaired) electrons. The Labute approximate surface area is 139 Å². The molecule has 2 rings (SSSR count). The fourth-order valence-electron chi connectivity index (χ4n) is 2.39. The first-order valence-corrected chi connectivity index (χ1v) is 7.71. The first-order valence-electron chi connectivity index (χ1n) is 7.71. The molecule has 0 aliphatic carbocycles. The number of aromatic nitrogens is 2. The van der Waals surface area contributed by atoms with Crippen molar-refractivity contribution in [2.24, 2.45) is 0 Å². The van der Waals surface area contributed by atoms with Crippen LogP contribution < -0.4 is 21.3 Å². The molecular formula is C17H21N3O4. The van der Waals surface area contributed by atoms with Gasteiger partial charge in [0.25, 0.3) is 5.56 Å². The van der Waals surface area contributed by atoms with E-state index in [1.807, 2.05) is 24.3 Å². The highest BCUT2D eigenvalue weighted by molar-refractivity contribution is 5.76. The molecular weight excluding hydrogens is 310 g/mol. The van der Waals surface area contributed by atoms with Gasteiger partial charge in [-0.3, -0.25) is 14.6 Å². The summed E-state index contributed by atoms with van der Waals surface area (Å²) in [4.78, 5) is 39.4. The normalized spacial score (nSPS) is 10.4. The zero-order valence-corrected chi connectivity index (χ0v) is 13.8. The number of carbonyl (C=O) groups excluding carboxylic acids is 1. The summed E-state index contributed by atoms with van der Waals surface area (Å²) in [5.41, 5.74) is 1.05. The van der Waals surface area contributed by atoms with E-state index in [0.29, 0.717) is 24.2 Å². The molecule has 7 heteroatoms. The van der Waals surface area contributed by atoms with Gasteiger partial charge in [0.15, 0.2) is 0 Å². The predicted octanol–water partition coefficient (Wildman–Crippen LogP) is 0.672. The number of hydrogen-bond acceptors (Lipinski definition) is 4. The van der Waals surface area contributed by atoms with Crippen LogP contribution >= 0.6 is 0 Å². The zero-order valence-electron chi connectivity index (χ0n) is 13.8. The second-order valence-electron chi connectivity index (χ2n) is 5.46. The van der Waals surface area contributed by atoms with E-state index < -0.39 is 11.2 Å².